The molecule has 1 aromatic heterocycles. The molecule has 0 amide bonds. The average molecular weight is 305 g/mol. The summed E-state index contributed by atoms with van der Waals surface area (Å²) in [7, 11) is 0. The SMILES string of the molecule is O=C(O)C1CCCC(CNCc2ccc3nsnc3c2)C1. The van der Waals surface area contributed by atoms with Crippen molar-refractivity contribution in [1.29, 1.82) is 0 Å². The summed E-state index contributed by atoms with van der Waals surface area (Å²) in [6, 6.07) is 6.13. The molecule has 2 aromatic rings. The van der Waals surface area contributed by atoms with Gasteiger partial charge in [-0.15, -0.1) is 0 Å². The molecular weight excluding hydrogens is 286 g/mol. The predicted octanol–water partition coefficient (Wildman–Crippen LogP) is 2.67. The summed E-state index contributed by atoms with van der Waals surface area (Å²) in [6.07, 6.45) is 3.79. The number of hydrogen-bond acceptors (Lipinski definition) is 5. The molecule has 0 aliphatic heterocycles. The summed E-state index contributed by atoms with van der Waals surface area (Å²) in [5, 5.41) is 12.6. The van der Waals surface area contributed by atoms with Gasteiger partial charge in [0, 0.05) is 6.54 Å². The van der Waals surface area contributed by atoms with Crippen LogP contribution in [0.15, 0.2) is 18.2 Å². The van der Waals surface area contributed by atoms with Crippen molar-refractivity contribution in [2.45, 2.75) is 32.2 Å². The first-order valence-corrected chi connectivity index (χ1v) is 8.10. The van der Waals surface area contributed by atoms with Crippen molar-refractivity contribution >= 4 is 28.7 Å². The van der Waals surface area contributed by atoms with Crippen molar-refractivity contribution in [3.63, 3.8) is 0 Å². The monoisotopic (exact) mass is 305 g/mol. The van der Waals surface area contributed by atoms with Gasteiger partial charge in [0.1, 0.15) is 11.0 Å². The summed E-state index contributed by atoms with van der Waals surface area (Å²) < 4.78 is 8.44. The van der Waals surface area contributed by atoms with Crippen LogP contribution in [0.3, 0.4) is 0 Å². The van der Waals surface area contributed by atoms with Gasteiger partial charge < -0.3 is 10.4 Å². The lowest BCUT2D eigenvalue weighted by atomic mass is 9.81. The molecular formula is C15H19N3O2S. The van der Waals surface area contributed by atoms with Crippen molar-refractivity contribution in [2.75, 3.05) is 6.54 Å². The van der Waals surface area contributed by atoms with Crippen LogP contribution in [-0.4, -0.2) is 26.4 Å². The summed E-state index contributed by atoms with van der Waals surface area (Å²) in [6.45, 7) is 1.68. The molecule has 3 rings (SSSR count). The van der Waals surface area contributed by atoms with Crippen LogP contribution in [0.25, 0.3) is 11.0 Å². The van der Waals surface area contributed by atoms with E-state index in [0.29, 0.717) is 5.92 Å². The molecule has 2 atom stereocenters. The zero-order valence-corrected chi connectivity index (χ0v) is 12.6. The van der Waals surface area contributed by atoms with E-state index in [0.717, 1.165) is 49.8 Å². The molecule has 1 aliphatic carbocycles. The van der Waals surface area contributed by atoms with Gasteiger partial charge in [0.2, 0.25) is 0 Å². The predicted molar refractivity (Wildman–Crippen MR) is 82.2 cm³/mol. The highest BCUT2D eigenvalue weighted by Gasteiger charge is 2.26. The largest absolute Gasteiger partial charge is 0.481 e. The van der Waals surface area contributed by atoms with Gasteiger partial charge in [-0.1, -0.05) is 12.5 Å². The molecule has 6 heteroatoms. The first-order chi connectivity index (χ1) is 10.2. The summed E-state index contributed by atoms with van der Waals surface area (Å²) >= 11 is 1.24. The lowest BCUT2D eigenvalue weighted by Crippen LogP contribution is -2.29. The Morgan fingerprint density at radius 2 is 2.19 bits per heavy atom. The molecule has 2 N–H and O–H groups in total. The minimum atomic E-state index is -0.638. The molecule has 0 spiro atoms. The Hall–Kier alpha value is -1.53. The quantitative estimate of drug-likeness (QED) is 0.888. The van der Waals surface area contributed by atoms with Crippen LogP contribution < -0.4 is 5.32 Å². The van der Waals surface area contributed by atoms with Crippen molar-refractivity contribution in [3.05, 3.63) is 23.8 Å². The number of hydrogen-bond donors (Lipinski definition) is 2. The second kappa shape index (κ2) is 6.49. The lowest BCUT2D eigenvalue weighted by molar-refractivity contribution is -0.143. The zero-order valence-electron chi connectivity index (χ0n) is 11.8. The first-order valence-electron chi connectivity index (χ1n) is 7.37. The van der Waals surface area contributed by atoms with Crippen molar-refractivity contribution < 1.29 is 9.90 Å². The van der Waals surface area contributed by atoms with Crippen LogP contribution in [-0.2, 0) is 11.3 Å². The van der Waals surface area contributed by atoms with Crippen molar-refractivity contribution in [2.24, 2.45) is 11.8 Å². The topological polar surface area (TPSA) is 75.1 Å². The number of carboxylic acid groups (broad SMARTS) is 1. The smallest absolute Gasteiger partial charge is 0.306 e. The third-order valence-electron chi connectivity index (χ3n) is 4.21. The van der Waals surface area contributed by atoms with E-state index in [2.05, 4.69) is 26.2 Å². The molecule has 1 fully saturated rings. The second-order valence-corrected chi connectivity index (χ2v) is 6.31. The maximum atomic E-state index is 11.1. The van der Waals surface area contributed by atoms with Gasteiger partial charge in [-0.05, 0) is 49.4 Å². The number of carboxylic acids is 1. The van der Waals surface area contributed by atoms with Crippen LogP contribution >= 0.6 is 11.7 Å². The van der Waals surface area contributed by atoms with E-state index in [9.17, 15) is 4.79 Å². The van der Waals surface area contributed by atoms with Crippen LogP contribution in [0.5, 0.6) is 0 Å². The maximum Gasteiger partial charge on any atom is 0.306 e. The first kappa shape index (κ1) is 14.4. The molecule has 21 heavy (non-hydrogen) atoms. The number of rotatable bonds is 5. The number of carbonyl (C=O) groups is 1. The molecule has 0 radical (unpaired) electrons. The van der Waals surface area contributed by atoms with Crippen LogP contribution in [0.4, 0.5) is 0 Å². The van der Waals surface area contributed by atoms with Gasteiger partial charge in [-0.2, -0.15) is 8.75 Å². The maximum absolute atomic E-state index is 11.1. The number of aliphatic carboxylic acids is 1. The molecule has 0 saturated heterocycles. The number of aromatic nitrogens is 2. The van der Waals surface area contributed by atoms with E-state index in [1.807, 2.05) is 6.07 Å². The summed E-state index contributed by atoms with van der Waals surface area (Å²) in [4.78, 5) is 11.1. The fraction of sp³-hybridized carbons (Fsp3) is 0.533. The molecule has 112 valence electrons. The van der Waals surface area contributed by atoms with Crippen molar-refractivity contribution in [1.82, 2.24) is 14.1 Å². The summed E-state index contributed by atoms with van der Waals surface area (Å²) in [5.74, 6) is -0.311. The highest BCUT2D eigenvalue weighted by molar-refractivity contribution is 7.00. The van der Waals surface area contributed by atoms with E-state index >= 15 is 0 Å². The number of nitrogens with zero attached hydrogens (tertiary/aromatic N) is 2. The molecule has 0 bridgehead atoms. The standard InChI is InChI=1S/C15H19N3O2S/c19-15(20)12-3-1-2-10(6-12)8-16-9-11-4-5-13-14(7-11)18-21-17-13/h4-5,7,10,12,16H,1-3,6,8-9H2,(H,19,20). The minimum Gasteiger partial charge on any atom is -0.481 e. The average Bonchev–Trinajstić information content (AvgIpc) is 2.95. The zero-order chi connectivity index (χ0) is 14.7. The van der Waals surface area contributed by atoms with Gasteiger partial charge in [-0.3, -0.25) is 4.79 Å². The fourth-order valence-electron chi connectivity index (χ4n) is 3.06. The second-order valence-electron chi connectivity index (χ2n) is 5.79. The Morgan fingerprint density at radius 3 is 3.05 bits per heavy atom. The van der Waals surface area contributed by atoms with E-state index in [-0.39, 0.29) is 5.92 Å². The van der Waals surface area contributed by atoms with E-state index in [1.165, 1.54) is 17.3 Å². The fourth-order valence-corrected chi connectivity index (χ4v) is 3.58. The third-order valence-corrected chi connectivity index (χ3v) is 4.77. The lowest BCUT2D eigenvalue weighted by Gasteiger charge is -2.26. The van der Waals surface area contributed by atoms with Gasteiger partial charge >= 0.3 is 5.97 Å². The number of fused-ring (bicyclic) bond motifs is 1. The Morgan fingerprint density at radius 1 is 1.33 bits per heavy atom. The molecule has 1 aromatic carbocycles. The molecule has 1 saturated carbocycles. The highest BCUT2D eigenvalue weighted by Crippen LogP contribution is 2.28. The molecule has 1 heterocycles. The summed E-state index contributed by atoms with van der Waals surface area (Å²) in [5.41, 5.74) is 3.09. The third kappa shape index (κ3) is 3.57. The normalized spacial score (nSPS) is 22.5. The van der Waals surface area contributed by atoms with Crippen LogP contribution in [0, 0.1) is 11.8 Å². The number of benzene rings is 1. The highest BCUT2D eigenvalue weighted by atomic mass is 32.1. The van der Waals surface area contributed by atoms with Gasteiger partial charge in [0.25, 0.3) is 0 Å². The van der Waals surface area contributed by atoms with E-state index < -0.39 is 5.97 Å². The number of nitrogens with one attached hydrogen (secondary N) is 1. The van der Waals surface area contributed by atoms with Gasteiger partial charge in [-0.25, -0.2) is 0 Å². The van der Waals surface area contributed by atoms with Crippen molar-refractivity contribution in [3.8, 4) is 0 Å². The van der Waals surface area contributed by atoms with Gasteiger partial charge in [0.15, 0.2) is 0 Å². The Balaban J connectivity index is 1.50. The molecule has 2 unspecified atom stereocenters. The Bertz CT molecular complexity index is 628. The Labute approximate surface area is 127 Å². The van der Waals surface area contributed by atoms with Crippen LogP contribution in [0.1, 0.15) is 31.2 Å². The van der Waals surface area contributed by atoms with Crippen LogP contribution in [0.2, 0.25) is 0 Å². The molecule has 1 aliphatic rings. The molecule has 5 nitrogen and oxygen atoms in total. The van der Waals surface area contributed by atoms with Gasteiger partial charge in [0.05, 0.1) is 17.6 Å². The minimum absolute atomic E-state index is 0.150. The van der Waals surface area contributed by atoms with E-state index in [1.54, 1.807) is 0 Å². The Kier molecular flexibility index (Phi) is 4.45. The van der Waals surface area contributed by atoms with E-state index in [4.69, 9.17) is 5.11 Å².